The van der Waals surface area contributed by atoms with Gasteiger partial charge in [-0.3, -0.25) is 0 Å². The second kappa shape index (κ2) is 5.51. The van der Waals surface area contributed by atoms with Gasteiger partial charge in [-0.2, -0.15) is 0 Å². The molecule has 1 N–H and O–H groups in total. The number of hydrogen-bond acceptors (Lipinski definition) is 3. The number of nitrogens with zero attached hydrogens (tertiary/aromatic N) is 1. The maximum Gasteiger partial charge on any atom is 0.339 e. The molecule has 1 aromatic carbocycles. The highest BCUT2D eigenvalue weighted by atomic mass is 16.5. The molecule has 4 heteroatoms. The largest absolute Gasteiger partial charge is 0.496 e. The van der Waals surface area contributed by atoms with Crippen LogP contribution < -0.4 is 4.74 Å². The Kier molecular flexibility index (Phi) is 4.31. The molecule has 0 aliphatic rings. The zero-order valence-corrected chi connectivity index (χ0v) is 9.86. The minimum atomic E-state index is -0.966. The van der Waals surface area contributed by atoms with Crippen molar-refractivity contribution in [1.29, 1.82) is 0 Å². The number of ether oxygens (including phenoxy) is 1. The Morgan fingerprint density at radius 3 is 2.69 bits per heavy atom. The van der Waals surface area contributed by atoms with Crippen LogP contribution >= 0.6 is 0 Å². The van der Waals surface area contributed by atoms with E-state index < -0.39 is 5.97 Å². The van der Waals surface area contributed by atoms with Crippen LogP contribution in [0.1, 0.15) is 22.8 Å². The quantitative estimate of drug-likeness (QED) is 0.827. The van der Waals surface area contributed by atoms with Gasteiger partial charge in [-0.05, 0) is 31.3 Å². The van der Waals surface area contributed by atoms with Crippen molar-refractivity contribution in [1.82, 2.24) is 4.90 Å². The number of hydrogen-bond donors (Lipinski definition) is 1. The van der Waals surface area contributed by atoms with Crippen molar-refractivity contribution in [2.24, 2.45) is 0 Å². The third-order valence-electron chi connectivity index (χ3n) is 2.49. The van der Waals surface area contributed by atoms with Crippen LogP contribution in [0.25, 0.3) is 0 Å². The van der Waals surface area contributed by atoms with Crippen LogP contribution in [0.15, 0.2) is 18.2 Å². The fraction of sp³-hybridized carbons (Fsp3) is 0.417. The molecule has 0 saturated carbocycles. The van der Waals surface area contributed by atoms with E-state index >= 15 is 0 Å². The Morgan fingerprint density at radius 2 is 2.19 bits per heavy atom. The van der Waals surface area contributed by atoms with Gasteiger partial charge in [-0.15, -0.1) is 0 Å². The highest BCUT2D eigenvalue weighted by Gasteiger charge is 2.11. The monoisotopic (exact) mass is 223 g/mol. The van der Waals surface area contributed by atoms with Crippen molar-refractivity contribution in [3.8, 4) is 5.75 Å². The highest BCUT2D eigenvalue weighted by Crippen LogP contribution is 2.20. The topological polar surface area (TPSA) is 49.8 Å². The molecule has 16 heavy (non-hydrogen) atoms. The summed E-state index contributed by atoms with van der Waals surface area (Å²) < 4.78 is 5.06. The first-order chi connectivity index (χ1) is 7.58. The molecule has 0 unspecified atom stereocenters. The molecule has 0 heterocycles. The van der Waals surface area contributed by atoms with E-state index in [2.05, 4.69) is 11.8 Å². The smallest absolute Gasteiger partial charge is 0.339 e. The van der Waals surface area contributed by atoms with Crippen molar-refractivity contribution < 1.29 is 14.6 Å². The molecule has 0 saturated heterocycles. The van der Waals surface area contributed by atoms with E-state index in [9.17, 15) is 4.79 Å². The number of carbonyl (C=O) groups is 1. The third kappa shape index (κ3) is 2.97. The molecule has 0 spiro atoms. The lowest BCUT2D eigenvalue weighted by Gasteiger charge is -2.15. The predicted molar refractivity (Wildman–Crippen MR) is 62.0 cm³/mol. The van der Waals surface area contributed by atoms with Gasteiger partial charge >= 0.3 is 5.97 Å². The molecule has 0 aliphatic carbocycles. The van der Waals surface area contributed by atoms with Gasteiger partial charge in [0.05, 0.1) is 7.11 Å². The molecule has 0 fully saturated rings. The van der Waals surface area contributed by atoms with Crippen LogP contribution in [0.3, 0.4) is 0 Å². The van der Waals surface area contributed by atoms with Gasteiger partial charge < -0.3 is 14.7 Å². The van der Waals surface area contributed by atoms with E-state index in [4.69, 9.17) is 9.84 Å². The second-order valence-electron chi connectivity index (χ2n) is 3.67. The Balaban J connectivity index is 2.95. The molecule has 0 bridgehead atoms. The van der Waals surface area contributed by atoms with Crippen LogP contribution in [-0.2, 0) is 6.54 Å². The second-order valence-corrected chi connectivity index (χ2v) is 3.67. The molecular weight excluding hydrogens is 206 g/mol. The lowest BCUT2D eigenvalue weighted by Crippen LogP contribution is -2.16. The summed E-state index contributed by atoms with van der Waals surface area (Å²) in [5.41, 5.74) is 1.25. The summed E-state index contributed by atoms with van der Waals surface area (Å²) in [4.78, 5) is 13.0. The summed E-state index contributed by atoms with van der Waals surface area (Å²) in [5, 5.41) is 8.93. The Morgan fingerprint density at radius 1 is 1.50 bits per heavy atom. The van der Waals surface area contributed by atoms with Crippen LogP contribution in [0, 0.1) is 0 Å². The van der Waals surface area contributed by atoms with E-state index in [-0.39, 0.29) is 5.56 Å². The standard InChI is InChI=1S/C12H17NO3/c1-4-13(2)8-9-5-6-10(12(14)15)11(7-9)16-3/h5-7H,4,8H2,1-3H3,(H,14,15). The fourth-order valence-electron chi connectivity index (χ4n) is 1.43. The van der Waals surface area contributed by atoms with Crippen molar-refractivity contribution >= 4 is 5.97 Å². The molecule has 0 aliphatic heterocycles. The van der Waals surface area contributed by atoms with Gasteiger partial charge in [0.2, 0.25) is 0 Å². The van der Waals surface area contributed by atoms with Gasteiger partial charge in [0.25, 0.3) is 0 Å². The first-order valence-electron chi connectivity index (χ1n) is 5.17. The first kappa shape index (κ1) is 12.5. The number of carboxylic acids is 1. The van der Waals surface area contributed by atoms with Gasteiger partial charge in [0.15, 0.2) is 0 Å². The summed E-state index contributed by atoms with van der Waals surface area (Å²) in [6.07, 6.45) is 0. The molecular formula is C12H17NO3. The van der Waals surface area contributed by atoms with Gasteiger partial charge in [0.1, 0.15) is 11.3 Å². The van der Waals surface area contributed by atoms with Crippen LogP contribution in [-0.4, -0.2) is 36.7 Å². The first-order valence-corrected chi connectivity index (χ1v) is 5.17. The van der Waals surface area contributed by atoms with E-state index in [1.165, 1.54) is 7.11 Å². The molecule has 0 radical (unpaired) electrons. The number of aromatic carboxylic acids is 1. The van der Waals surface area contributed by atoms with E-state index in [0.717, 1.165) is 18.7 Å². The predicted octanol–water partition coefficient (Wildman–Crippen LogP) is 1.85. The van der Waals surface area contributed by atoms with Crippen LogP contribution in [0.2, 0.25) is 0 Å². The molecule has 88 valence electrons. The fourth-order valence-corrected chi connectivity index (χ4v) is 1.43. The molecule has 1 aromatic rings. The number of benzene rings is 1. The Hall–Kier alpha value is -1.55. The summed E-state index contributed by atoms with van der Waals surface area (Å²) >= 11 is 0. The molecule has 0 aromatic heterocycles. The highest BCUT2D eigenvalue weighted by molar-refractivity contribution is 5.90. The van der Waals surface area contributed by atoms with E-state index in [1.807, 2.05) is 13.1 Å². The van der Waals surface area contributed by atoms with Crippen LogP contribution in [0.5, 0.6) is 5.75 Å². The van der Waals surface area contributed by atoms with Crippen LogP contribution in [0.4, 0.5) is 0 Å². The van der Waals surface area contributed by atoms with Crippen molar-refractivity contribution in [3.05, 3.63) is 29.3 Å². The summed E-state index contributed by atoms with van der Waals surface area (Å²) in [6.45, 7) is 3.80. The lowest BCUT2D eigenvalue weighted by atomic mass is 10.1. The maximum atomic E-state index is 10.9. The zero-order valence-electron chi connectivity index (χ0n) is 9.86. The van der Waals surface area contributed by atoms with Crippen molar-refractivity contribution in [2.75, 3.05) is 20.7 Å². The minimum Gasteiger partial charge on any atom is -0.496 e. The van der Waals surface area contributed by atoms with Crippen molar-refractivity contribution in [3.63, 3.8) is 0 Å². The number of methoxy groups -OCH3 is 1. The minimum absolute atomic E-state index is 0.199. The van der Waals surface area contributed by atoms with E-state index in [0.29, 0.717) is 5.75 Å². The maximum absolute atomic E-state index is 10.9. The lowest BCUT2D eigenvalue weighted by molar-refractivity contribution is 0.0693. The number of carboxylic acid groups (broad SMARTS) is 1. The molecule has 0 atom stereocenters. The normalized spacial score (nSPS) is 10.5. The molecule has 1 rings (SSSR count). The third-order valence-corrected chi connectivity index (χ3v) is 2.49. The number of rotatable bonds is 5. The van der Waals surface area contributed by atoms with Gasteiger partial charge in [-0.1, -0.05) is 13.0 Å². The Labute approximate surface area is 95.5 Å². The van der Waals surface area contributed by atoms with Crippen molar-refractivity contribution in [2.45, 2.75) is 13.5 Å². The average molecular weight is 223 g/mol. The molecule has 0 amide bonds. The van der Waals surface area contributed by atoms with Gasteiger partial charge in [-0.25, -0.2) is 4.79 Å². The summed E-state index contributed by atoms with van der Waals surface area (Å²) in [6, 6.07) is 5.17. The molecule has 4 nitrogen and oxygen atoms in total. The van der Waals surface area contributed by atoms with E-state index in [1.54, 1.807) is 12.1 Å². The summed E-state index contributed by atoms with van der Waals surface area (Å²) in [7, 11) is 3.49. The average Bonchev–Trinajstić information content (AvgIpc) is 2.28. The Bertz CT molecular complexity index is 377. The zero-order chi connectivity index (χ0) is 12.1. The summed E-state index contributed by atoms with van der Waals surface area (Å²) in [5.74, 6) is -0.554. The van der Waals surface area contributed by atoms with Gasteiger partial charge in [0, 0.05) is 6.54 Å². The SMILES string of the molecule is CCN(C)Cc1ccc(C(=O)O)c(OC)c1.